The van der Waals surface area contributed by atoms with Crippen LogP contribution in [0.5, 0.6) is 0 Å². The highest BCUT2D eigenvalue weighted by atomic mass is 35.5. The molecule has 0 amide bonds. The van der Waals surface area contributed by atoms with Crippen molar-refractivity contribution in [3.63, 3.8) is 0 Å². The summed E-state index contributed by atoms with van der Waals surface area (Å²) in [5.74, 6) is -0.280. The zero-order chi connectivity index (χ0) is 9.68. The molecule has 70 valence electrons. The molecular weight excluding hydrogens is 195 g/mol. The van der Waals surface area contributed by atoms with Gasteiger partial charge < -0.3 is 4.74 Å². The predicted octanol–water partition coefficient (Wildman–Crippen LogP) is 2.74. The van der Waals surface area contributed by atoms with Gasteiger partial charge in [-0.3, -0.25) is 0 Å². The first-order chi connectivity index (χ1) is 6.18. The summed E-state index contributed by atoms with van der Waals surface area (Å²) >= 11 is 4.95. The van der Waals surface area contributed by atoms with E-state index in [0.29, 0.717) is 6.42 Å². The average Bonchev–Trinajstić information content (AvgIpc) is 2.08. The maximum atomic E-state index is 12.4. The molecule has 0 saturated carbocycles. The molecular formula is C9H8ClFO2. The van der Waals surface area contributed by atoms with E-state index in [1.54, 1.807) is 12.1 Å². The van der Waals surface area contributed by atoms with Gasteiger partial charge in [-0.05, 0) is 17.7 Å². The third-order valence-electron chi connectivity index (χ3n) is 1.52. The van der Waals surface area contributed by atoms with Crippen LogP contribution in [0.25, 0.3) is 0 Å². The van der Waals surface area contributed by atoms with Crippen molar-refractivity contribution in [1.29, 1.82) is 0 Å². The van der Waals surface area contributed by atoms with Gasteiger partial charge in [0.15, 0.2) is 0 Å². The fraction of sp³-hybridized carbons (Fsp3) is 0.222. The highest BCUT2D eigenvalue weighted by Crippen LogP contribution is 2.03. The Bertz CT molecular complexity index is 284. The molecule has 0 aliphatic rings. The number of benzene rings is 1. The topological polar surface area (TPSA) is 26.3 Å². The summed E-state index contributed by atoms with van der Waals surface area (Å²) in [6.45, 7) is 0.216. The molecule has 0 fully saturated rings. The van der Waals surface area contributed by atoms with Gasteiger partial charge in [0.05, 0.1) is 6.61 Å². The minimum atomic E-state index is -0.817. The van der Waals surface area contributed by atoms with E-state index >= 15 is 0 Å². The first-order valence-electron chi connectivity index (χ1n) is 3.75. The lowest BCUT2D eigenvalue weighted by Gasteiger charge is -2.00. The Morgan fingerprint density at radius 2 is 2.00 bits per heavy atom. The smallest absolute Gasteiger partial charge is 0.403 e. The van der Waals surface area contributed by atoms with Crippen LogP contribution in [0.15, 0.2) is 24.3 Å². The fourth-order valence-electron chi connectivity index (χ4n) is 0.900. The quantitative estimate of drug-likeness (QED) is 0.705. The second-order valence-corrected chi connectivity index (χ2v) is 2.77. The summed E-state index contributed by atoms with van der Waals surface area (Å²) in [6, 6.07) is 5.99. The maximum absolute atomic E-state index is 12.4. The molecule has 0 unspecified atom stereocenters. The van der Waals surface area contributed by atoms with Gasteiger partial charge in [0.1, 0.15) is 5.82 Å². The van der Waals surface area contributed by atoms with Crippen molar-refractivity contribution in [2.45, 2.75) is 6.42 Å². The van der Waals surface area contributed by atoms with Crippen LogP contribution in [0.4, 0.5) is 9.18 Å². The van der Waals surface area contributed by atoms with E-state index in [-0.39, 0.29) is 12.4 Å². The van der Waals surface area contributed by atoms with Gasteiger partial charge in [0.2, 0.25) is 0 Å². The molecule has 0 spiro atoms. The van der Waals surface area contributed by atoms with E-state index in [2.05, 4.69) is 4.74 Å². The first-order valence-corrected chi connectivity index (χ1v) is 4.13. The number of halogens is 2. The largest absolute Gasteiger partial charge is 0.453 e. The van der Waals surface area contributed by atoms with E-state index in [1.807, 2.05) is 0 Å². The van der Waals surface area contributed by atoms with E-state index < -0.39 is 5.43 Å². The van der Waals surface area contributed by atoms with Crippen molar-refractivity contribution in [3.05, 3.63) is 35.6 Å². The van der Waals surface area contributed by atoms with Crippen LogP contribution in [-0.4, -0.2) is 12.0 Å². The van der Waals surface area contributed by atoms with Crippen LogP contribution in [0.1, 0.15) is 5.56 Å². The Labute approximate surface area is 80.3 Å². The van der Waals surface area contributed by atoms with Crippen LogP contribution < -0.4 is 0 Å². The van der Waals surface area contributed by atoms with Crippen molar-refractivity contribution in [2.75, 3.05) is 6.61 Å². The van der Waals surface area contributed by atoms with Gasteiger partial charge in [0.25, 0.3) is 0 Å². The Kier molecular flexibility index (Phi) is 3.71. The summed E-state index contributed by atoms with van der Waals surface area (Å²) in [7, 11) is 0. The van der Waals surface area contributed by atoms with Gasteiger partial charge in [-0.25, -0.2) is 9.18 Å². The molecule has 1 aromatic carbocycles. The maximum Gasteiger partial charge on any atom is 0.403 e. The lowest BCUT2D eigenvalue weighted by Crippen LogP contribution is -1.99. The molecule has 0 saturated heterocycles. The lowest BCUT2D eigenvalue weighted by molar-refractivity contribution is 0.175. The number of carbonyl (C=O) groups excluding carboxylic acids is 1. The summed E-state index contributed by atoms with van der Waals surface area (Å²) in [4.78, 5) is 10.2. The minimum Gasteiger partial charge on any atom is -0.453 e. The zero-order valence-corrected chi connectivity index (χ0v) is 7.55. The highest BCUT2D eigenvalue weighted by Gasteiger charge is 1.97. The summed E-state index contributed by atoms with van der Waals surface area (Å²) < 4.78 is 16.9. The number of rotatable bonds is 3. The second-order valence-electron chi connectivity index (χ2n) is 2.46. The molecule has 1 aromatic rings. The zero-order valence-electron chi connectivity index (χ0n) is 6.80. The number of ether oxygens (including phenoxy) is 1. The highest BCUT2D eigenvalue weighted by molar-refractivity contribution is 6.61. The molecule has 0 N–H and O–H groups in total. The molecule has 0 aliphatic heterocycles. The number of hydrogen-bond acceptors (Lipinski definition) is 2. The Morgan fingerprint density at radius 3 is 2.54 bits per heavy atom. The SMILES string of the molecule is O=C(Cl)OCCc1ccc(F)cc1. The Balaban J connectivity index is 2.37. The summed E-state index contributed by atoms with van der Waals surface area (Å²) in [6.07, 6.45) is 0.540. The summed E-state index contributed by atoms with van der Waals surface area (Å²) in [5.41, 5.74) is 0.0847. The van der Waals surface area contributed by atoms with E-state index in [9.17, 15) is 9.18 Å². The van der Waals surface area contributed by atoms with Crippen molar-refractivity contribution < 1.29 is 13.9 Å². The van der Waals surface area contributed by atoms with Crippen LogP contribution in [-0.2, 0) is 11.2 Å². The van der Waals surface area contributed by atoms with Crippen molar-refractivity contribution in [2.24, 2.45) is 0 Å². The molecule has 4 heteroatoms. The van der Waals surface area contributed by atoms with Gasteiger partial charge >= 0.3 is 5.43 Å². The van der Waals surface area contributed by atoms with Crippen molar-refractivity contribution >= 4 is 17.0 Å². The molecule has 13 heavy (non-hydrogen) atoms. The van der Waals surface area contributed by atoms with Crippen LogP contribution in [0.3, 0.4) is 0 Å². The van der Waals surface area contributed by atoms with Crippen LogP contribution >= 0.6 is 11.6 Å². The van der Waals surface area contributed by atoms with Gasteiger partial charge in [-0.1, -0.05) is 12.1 Å². The molecule has 0 aromatic heterocycles. The van der Waals surface area contributed by atoms with E-state index in [1.165, 1.54) is 12.1 Å². The minimum absolute atomic E-state index is 0.216. The normalized spacial score (nSPS) is 9.69. The van der Waals surface area contributed by atoms with Gasteiger partial charge in [0, 0.05) is 18.0 Å². The fourth-order valence-corrected chi connectivity index (χ4v) is 0.977. The number of carbonyl (C=O) groups is 1. The molecule has 0 aliphatic carbocycles. The van der Waals surface area contributed by atoms with Crippen molar-refractivity contribution in [1.82, 2.24) is 0 Å². The Hall–Kier alpha value is -1.09. The lowest BCUT2D eigenvalue weighted by atomic mass is 10.2. The van der Waals surface area contributed by atoms with Gasteiger partial charge in [-0.15, -0.1) is 0 Å². The first kappa shape index (κ1) is 9.99. The molecule has 0 heterocycles. The molecule has 0 bridgehead atoms. The van der Waals surface area contributed by atoms with E-state index in [4.69, 9.17) is 11.6 Å². The van der Waals surface area contributed by atoms with Crippen molar-refractivity contribution in [3.8, 4) is 0 Å². The molecule has 0 radical (unpaired) electrons. The average molecular weight is 203 g/mol. The third-order valence-corrected chi connectivity index (χ3v) is 1.63. The van der Waals surface area contributed by atoms with Gasteiger partial charge in [-0.2, -0.15) is 0 Å². The number of hydrogen-bond donors (Lipinski definition) is 0. The van der Waals surface area contributed by atoms with Crippen LogP contribution in [0.2, 0.25) is 0 Å². The summed E-state index contributed by atoms with van der Waals surface area (Å²) in [5, 5.41) is 0. The van der Waals surface area contributed by atoms with E-state index in [0.717, 1.165) is 5.56 Å². The molecule has 1 rings (SSSR count). The predicted molar refractivity (Wildman–Crippen MR) is 47.3 cm³/mol. The van der Waals surface area contributed by atoms with Crippen LogP contribution in [0, 0.1) is 5.82 Å². The molecule has 0 atom stereocenters. The standard InChI is InChI=1S/C9H8ClFO2/c10-9(12)13-6-5-7-1-3-8(11)4-2-7/h1-4H,5-6H2. The Morgan fingerprint density at radius 1 is 1.38 bits per heavy atom. The molecule has 2 nitrogen and oxygen atoms in total. The second kappa shape index (κ2) is 4.82. The monoisotopic (exact) mass is 202 g/mol. The third kappa shape index (κ3) is 3.90.